The van der Waals surface area contributed by atoms with Crippen molar-refractivity contribution in [3.63, 3.8) is 0 Å². The number of tetrazole rings is 1. The molecule has 0 aliphatic rings. The molecule has 1 atom stereocenters. The predicted molar refractivity (Wildman–Crippen MR) is 82.7 cm³/mol. The van der Waals surface area contributed by atoms with Gasteiger partial charge in [0.25, 0.3) is 0 Å². The fourth-order valence-electron chi connectivity index (χ4n) is 1.96. The third kappa shape index (κ3) is 3.97. The third-order valence-electron chi connectivity index (χ3n) is 2.86. The Morgan fingerprint density at radius 1 is 1.37 bits per heavy atom. The average Bonchev–Trinajstić information content (AvgIpc) is 2.81. The van der Waals surface area contributed by atoms with Crippen molar-refractivity contribution < 1.29 is 0 Å². The van der Waals surface area contributed by atoms with Gasteiger partial charge in [-0.25, -0.2) is 0 Å². The summed E-state index contributed by atoms with van der Waals surface area (Å²) in [4.78, 5) is 1.50. The molecule has 102 valence electrons. The highest BCUT2D eigenvalue weighted by Crippen LogP contribution is 2.22. The van der Waals surface area contributed by atoms with Gasteiger partial charge < -0.3 is 5.32 Å². The van der Waals surface area contributed by atoms with Gasteiger partial charge in [-0.15, -0.1) is 10.2 Å². The first-order valence-corrected chi connectivity index (χ1v) is 7.49. The summed E-state index contributed by atoms with van der Waals surface area (Å²) in [5.41, 5.74) is 1.30. The third-order valence-corrected chi connectivity index (χ3v) is 3.84. The van der Waals surface area contributed by atoms with Gasteiger partial charge in [0.15, 0.2) is 5.82 Å². The van der Waals surface area contributed by atoms with E-state index in [0.29, 0.717) is 0 Å². The Morgan fingerprint density at radius 3 is 2.79 bits per heavy atom. The van der Waals surface area contributed by atoms with Crippen LogP contribution in [0.25, 0.3) is 0 Å². The molecule has 0 radical (unpaired) electrons. The molecule has 0 amide bonds. The Bertz CT molecular complexity index is 525. The molecule has 0 aliphatic carbocycles. The fourth-order valence-corrected chi connectivity index (χ4v) is 2.72. The first kappa shape index (κ1) is 14.4. The van der Waals surface area contributed by atoms with Crippen molar-refractivity contribution in [1.82, 2.24) is 25.5 Å². The first-order chi connectivity index (χ1) is 9.20. The van der Waals surface area contributed by atoms with E-state index in [1.54, 1.807) is 7.05 Å². The molecule has 0 saturated heterocycles. The first-order valence-electron chi connectivity index (χ1n) is 6.41. The van der Waals surface area contributed by atoms with E-state index >= 15 is 0 Å². The minimum absolute atomic E-state index is 0.234. The van der Waals surface area contributed by atoms with Gasteiger partial charge in [0.1, 0.15) is 0 Å². The molecule has 6 heteroatoms. The summed E-state index contributed by atoms with van der Waals surface area (Å²) >= 11 is 2.37. The molecule has 5 nitrogen and oxygen atoms in total. The Morgan fingerprint density at radius 2 is 2.16 bits per heavy atom. The van der Waals surface area contributed by atoms with Gasteiger partial charge in [0, 0.05) is 16.0 Å². The van der Waals surface area contributed by atoms with Gasteiger partial charge in [-0.3, -0.25) is 0 Å². The molecule has 1 aromatic heterocycles. The van der Waals surface area contributed by atoms with E-state index in [-0.39, 0.29) is 6.04 Å². The standard InChI is InChI=1S/C13H18IN5/c1-3-8-15-12(9-13-16-18-19(2)17-13)10-6-4-5-7-11(10)14/h4-7,12,15H,3,8-9H2,1-2H3. The highest BCUT2D eigenvalue weighted by Gasteiger charge is 2.16. The van der Waals surface area contributed by atoms with Crippen LogP contribution in [-0.2, 0) is 13.5 Å². The number of nitrogens with zero attached hydrogens (tertiary/aromatic N) is 4. The summed E-state index contributed by atoms with van der Waals surface area (Å²) in [5.74, 6) is 0.774. The molecular weight excluding hydrogens is 353 g/mol. The molecule has 0 saturated carbocycles. The summed E-state index contributed by atoms with van der Waals surface area (Å²) in [6.07, 6.45) is 1.86. The van der Waals surface area contributed by atoms with Gasteiger partial charge in [-0.2, -0.15) is 4.80 Å². The number of aryl methyl sites for hydroxylation is 1. The van der Waals surface area contributed by atoms with Crippen LogP contribution in [0.15, 0.2) is 24.3 Å². The molecule has 0 aliphatic heterocycles. The van der Waals surface area contributed by atoms with E-state index < -0.39 is 0 Å². The number of aromatic nitrogens is 4. The lowest BCUT2D eigenvalue weighted by Crippen LogP contribution is -2.25. The zero-order valence-electron chi connectivity index (χ0n) is 11.2. The van der Waals surface area contributed by atoms with Crippen molar-refractivity contribution in [1.29, 1.82) is 0 Å². The molecule has 1 heterocycles. The van der Waals surface area contributed by atoms with Crippen LogP contribution in [0.3, 0.4) is 0 Å². The van der Waals surface area contributed by atoms with Crippen LogP contribution in [0.2, 0.25) is 0 Å². The second kappa shape index (κ2) is 6.95. The highest BCUT2D eigenvalue weighted by atomic mass is 127. The molecule has 0 fully saturated rings. The summed E-state index contributed by atoms with van der Waals surface area (Å²) in [6.45, 7) is 3.15. The maximum absolute atomic E-state index is 4.27. The van der Waals surface area contributed by atoms with E-state index in [1.165, 1.54) is 13.9 Å². The fraction of sp³-hybridized carbons (Fsp3) is 0.462. The zero-order chi connectivity index (χ0) is 13.7. The Balaban J connectivity index is 2.18. The van der Waals surface area contributed by atoms with Crippen molar-refractivity contribution in [2.75, 3.05) is 6.54 Å². The van der Waals surface area contributed by atoms with Crippen LogP contribution in [-0.4, -0.2) is 26.8 Å². The highest BCUT2D eigenvalue weighted by molar-refractivity contribution is 14.1. The molecule has 0 spiro atoms. The van der Waals surface area contributed by atoms with Crippen molar-refractivity contribution in [2.45, 2.75) is 25.8 Å². The molecule has 1 N–H and O–H groups in total. The normalized spacial score (nSPS) is 12.6. The SMILES string of the molecule is CCCNC(Cc1nnn(C)n1)c1ccccc1I. The summed E-state index contributed by atoms with van der Waals surface area (Å²) in [6, 6.07) is 8.65. The predicted octanol–water partition coefficient (Wildman–Crippen LogP) is 2.10. The van der Waals surface area contributed by atoms with E-state index in [9.17, 15) is 0 Å². The number of hydrogen-bond acceptors (Lipinski definition) is 4. The lowest BCUT2D eigenvalue weighted by Gasteiger charge is -2.18. The van der Waals surface area contributed by atoms with E-state index in [0.717, 1.165) is 25.2 Å². The van der Waals surface area contributed by atoms with Crippen molar-refractivity contribution in [3.8, 4) is 0 Å². The Labute approximate surface area is 126 Å². The van der Waals surface area contributed by atoms with E-state index in [2.05, 4.69) is 74.5 Å². The second-order valence-corrected chi connectivity index (χ2v) is 5.59. The number of benzene rings is 1. The lowest BCUT2D eigenvalue weighted by atomic mass is 10.0. The molecule has 2 rings (SSSR count). The summed E-state index contributed by atoms with van der Waals surface area (Å²) in [7, 11) is 1.79. The number of nitrogens with one attached hydrogen (secondary N) is 1. The largest absolute Gasteiger partial charge is 0.310 e. The topological polar surface area (TPSA) is 55.6 Å². The zero-order valence-corrected chi connectivity index (χ0v) is 13.3. The monoisotopic (exact) mass is 371 g/mol. The van der Waals surface area contributed by atoms with E-state index in [1.807, 2.05) is 0 Å². The number of rotatable bonds is 6. The van der Waals surface area contributed by atoms with Gasteiger partial charge in [-0.1, -0.05) is 25.1 Å². The average molecular weight is 371 g/mol. The van der Waals surface area contributed by atoms with Gasteiger partial charge in [0.2, 0.25) is 0 Å². The lowest BCUT2D eigenvalue weighted by molar-refractivity contribution is 0.515. The van der Waals surface area contributed by atoms with Gasteiger partial charge in [0.05, 0.1) is 7.05 Å². The van der Waals surface area contributed by atoms with Crippen LogP contribution in [0, 0.1) is 3.57 Å². The molecule has 1 aromatic carbocycles. The van der Waals surface area contributed by atoms with Crippen LogP contribution in [0.5, 0.6) is 0 Å². The Kier molecular flexibility index (Phi) is 5.26. The summed E-state index contributed by atoms with van der Waals surface area (Å²) < 4.78 is 1.26. The van der Waals surface area contributed by atoms with E-state index in [4.69, 9.17) is 0 Å². The van der Waals surface area contributed by atoms with Crippen LogP contribution in [0.4, 0.5) is 0 Å². The number of halogens is 1. The Hall–Kier alpha value is -1.02. The minimum atomic E-state index is 0.234. The van der Waals surface area contributed by atoms with Gasteiger partial charge in [-0.05, 0) is 52.4 Å². The van der Waals surface area contributed by atoms with Crippen molar-refractivity contribution in [2.24, 2.45) is 7.05 Å². The van der Waals surface area contributed by atoms with Crippen LogP contribution in [0.1, 0.15) is 30.8 Å². The molecule has 19 heavy (non-hydrogen) atoms. The maximum atomic E-state index is 4.27. The van der Waals surface area contributed by atoms with Crippen LogP contribution >= 0.6 is 22.6 Å². The molecule has 2 aromatic rings. The molecule has 1 unspecified atom stereocenters. The number of hydrogen-bond donors (Lipinski definition) is 1. The van der Waals surface area contributed by atoms with Gasteiger partial charge >= 0.3 is 0 Å². The quantitative estimate of drug-likeness (QED) is 0.791. The molecule has 0 bridgehead atoms. The second-order valence-electron chi connectivity index (χ2n) is 4.43. The summed E-state index contributed by atoms with van der Waals surface area (Å²) in [5, 5.41) is 15.8. The van der Waals surface area contributed by atoms with Crippen molar-refractivity contribution in [3.05, 3.63) is 39.2 Å². The minimum Gasteiger partial charge on any atom is -0.310 e. The van der Waals surface area contributed by atoms with Crippen molar-refractivity contribution >= 4 is 22.6 Å². The molecular formula is C13H18IN5. The maximum Gasteiger partial charge on any atom is 0.176 e. The van der Waals surface area contributed by atoms with Crippen LogP contribution < -0.4 is 5.32 Å². The smallest absolute Gasteiger partial charge is 0.176 e.